The summed E-state index contributed by atoms with van der Waals surface area (Å²) in [6.07, 6.45) is 10.8. The number of benzene rings is 1. The molecule has 6 nitrogen and oxygen atoms in total. The van der Waals surface area contributed by atoms with Crippen molar-refractivity contribution in [3.8, 4) is 0 Å². The van der Waals surface area contributed by atoms with Crippen LogP contribution in [-0.4, -0.2) is 41.9 Å². The summed E-state index contributed by atoms with van der Waals surface area (Å²) in [6, 6.07) is 7.28. The lowest BCUT2D eigenvalue weighted by molar-refractivity contribution is -0.122. The first-order valence-electron chi connectivity index (χ1n) is 10.8. The summed E-state index contributed by atoms with van der Waals surface area (Å²) in [5, 5.41) is 5.88. The quantitative estimate of drug-likeness (QED) is 0.612. The molecule has 0 spiro atoms. The second-order valence-corrected chi connectivity index (χ2v) is 8.34. The van der Waals surface area contributed by atoms with Crippen LogP contribution in [0.25, 0.3) is 0 Å². The van der Waals surface area contributed by atoms with Crippen LogP contribution in [0.1, 0.15) is 64.2 Å². The van der Waals surface area contributed by atoms with Crippen LogP contribution >= 0.6 is 24.8 Å². The first-order valence-corrected chi connectivity index (χ1v) is 10.8. The van der Waals surface area contributed by atoms with Crippen LogP contribution in [0.5, 0.6) is 0 Å². The highest BCUT2D eigenvalue weighted by molar-refractivity contribution is 5.98. The van der Waals surface area contributed by atoms with E-state index in [-0.39, 0.29) is 36.6 Å². The second kappa shape index (κ2) is 13.2. The standard InChI is InChI=1S/C22H34N4O2.2ClH/c23-22(13-5-4-6-14-22)21(28)25-19-11-9-18(10-12-19)24-20(27)17-26-15-7-2-1-3-8-16-26;;/h9-12H,1-8,13-17,23H2,(H,24,27)(H,25,28);2*1H. The van der Waals surface area contributed by atoms with E-state index in [1.807, 2.05) is 24.3 Å². The highest BCUT2D eigenvalue weighted by Crippen LogP contribution is 2.27. The minimum atomic E-state index is -0.753. The molecule has 1 aliphatic carbocycles. The van der Waals surface area contributed by atoms with Crippen molar-refractivity contribution in [3.63, 3.8) is 0 Å². The summed E-state index contributed by atoms with van der Waals surface area (Å²) in [7, 11) is 0. The average Bonchev–Trinajstić information content (AvgIpc) is 2.66. The van der Waals surface area contributed by atoms with Gasteiger partial charge in [0.2, 0.25) is 11.8 Å². The molecule has 170 valence electrons. The van der Waals surface area contributed by atoms with Crippen LogP contribution in [-0.2, 0) is 9.59 Å². The number of hydrogen-bond acceptors (Lipinski definition) is 4. The smallest absolute Gasteiger partial charge is 0.244 e. The van der Waals surface area contributed by atoms with E-state index in [4.69, 9.17) is 5.73 Å². The number of carbonyl (C=O) groups excluding carboxylic acids is 2. The van der Waals surface area contributed by atoms with Crippen molar-refractivity contribution in [1.29, 1.82) is 0 Å². The summed E-state index contributed by atoms with van der Waals surface area (Å²) in [4.78, 5) is 27.1. The number of anilines is 2. The fraction of sp³-hybridized carbons (Fsp3) is 0.636. The minimum Gasteiger partial charge on any atom is -0.325 e. The number of rotatable bonds is 5. The SMILES string of the molecule is Cl.Cl.NC1(C(=O)Nc2ccc(NC(=O)CN3CCCCCCC3)cc2)CCCCC1. The highest BCUT2D eigenvalue weighted by Gasteiger charge is 2.35. The lowest BCUT2D eigenvalue weighted by atomic mass is 9.82. The number of carbonyl (C=O) groups is 2. The molecule has 2 fully saturated rings. The normalized spacial score (nSPS) is 19.2. The Balaban J connectivity index is 0.00000225. The highest BCUT2D eigenvalue weighted by atomic mass is 35.5. The third-order valence-corrected chi connectivity index (χ3v) is 5.94. The van der Waals surface area contributed by atoms with Gasteiger partial charge in [-0.15, -0.1) is 24.8 Å². The van der Waals surface area contributed by atoms with Gasteiger partial charge in [0.15, 0.2) is 0 Å². The van der Waals surface area contributed by atoms with Gasteiger partial charge in [0.1, 0.15) is 0 Å². The van der Waals surface area contributed by atoms with Crippen molar-refractivity contribution >= 4 is 48.0 Å². The van der Waals surface area contributed by atoms with Crippen molar-refractivity contribution in [1.82, 2.24) is 4.90 Å². The molecule has 1 aromatic rings. The second-order valence-electron chi connectivity index (χ2n) is 8.34. The van der Waals surface area contributed by atoms with Gasteiger partial charge < -0.3 is 16.4 Å². The van der Waals surface area contributed by atoms with E-state index in [0.717, 1.165) is 50.9 Å². The molecule has 1 heterocycles. The zero-order valence-electron chi connectivity index (χ0n) is 17.7. The van der Waals surface area contributed by atoms with Gasteiger partial charge in [-0.3, -0.25) is 14.5 Å². The van der Waals surface area contributed by atoms with E-state index in [0.29, 0.717) is 12.2 Å². The number of amides is 2. The summed E-state index contributed by atoms with van der Waals surface area (Å²) in [5.74, 6) is -0.0958. The molecule has 8 heteroatoms. The topological polar surface area (TPSA) is 87.5 Å². The lowest BCUT2D eigenvalue weighted by Gasteiger charge is -2.31. The molecule has 0 bridgehead atoms. The molecule has 2 aliphatic rings. The first kappa shape index (κ1) is 26.7. The summed E-state index contributed by atoms with van der Waals surface area (Å²) in [5.41, 5.74) is 6.99. The molecule has 1 aliphatic heterocycles. The fourth-order valence-corrected chi connectivity index (χ4v) is 4.18. The van der Waals surface area contributed by atoms with Gasteiger partial charge in [-0.05, 0) is 63.0 Å². The molecule has 3 rings (SSSR count). The molecule has 0 radical (unpaired) electrons. The maximum Gasteiger partial charge on any atom is 0.244 e. The van der Waals surface area contributed by atoms with Crippen molar-refractivity contribution in [2.24, 2.45) is 5.73 Å². The Kier molecular flexibility index (Phi) is 11.7. The van der Waals surface area contributed by atoms with Crippen molar-refractivity contribution in [2.45, 2.75) is 69.7 Å². The molecular formula is C22H36Cl2N4O2. The third kappa shape index (κ3) is 8.06. The van der Waals surface area contributed by atoms with E-state index < -0.39 is 5.54 Å². The Morgan fingerprint density at radius 3 is 1.83 bits per heavy atom. The number of nitrogens with one attached hydrogen (secondary N) is 2. The maximum absolute atomic E-state index is 12.5. The largest absolute Gasteiger partial charge is 0.325 e. The van der Waals surface area contributed by atoms with Crippen LogP contribution < -0.4 is 16.4 Å². The molecule has 4 N–H and O–H groups in total. The predicted octanol–water partition coefficient (Wildman–Crippen LogP) is 4.33. The Labute approximate surface area is 192 Å². The third-order valence-electron chi connectivity index (χ3n) is 5.94. The zero-order chi connectivity index (χ0) is 19.8. The Hall–Kier alpha value is -1.34. The van der Waals surface area contributed by atoms with E-state index >= 15 is 0 Å². The molecule has 1 aromatic carbocycles. The number of halogens is 2. The van der Waals surface area contributed by atoms with Crippen molar-refractivity contribution in [2.75, 3.05) is 30.3 Å². The summed E-state index contributed by atoms with van der Waals surface area (Å²) in [6.45, 7) is 2.44. The van der Waals surface area contributed by atoms with Gasteiger partial charge in [0.25, 0.3) is 0 Å². The molecule has 0 unspecified atom stereocenters. The van der Waals surface area contributed by atoms with Gasteiger partial charge in [0.05, 0.1) is 12.1 Å². The minimum absolute atomic E-state index is 0. The monoisotopic (exact) mass is 458 g/mol. The van der Waals surface area contributed by atoms with Gasteiger partial charge in [0, 0.05) is 11.4 Å². The van der Waals surface area contributed by atoms with Crippen LogP contribution in [0.3, 0.4) is 0 Å². The van der Waals surface area contributed by atoms with Gasteiger partial charge in [-0.2, -0.15) is 0 Å². The van der Waals surface area contributed by atoms with Gasteiger partial charge in [-0.25, -0.2) is 0 Å². The van der Waals surface area contributed by atoms with Crippen LogP contribution in [0.2, 0.25) is 0 Å². The van der Waals surface area contributed by atoms with Crippen LogP contribution in [0, 0.1) is 0 Å². The van der Waals surface area contributed by atoms with Gasteiger partial charge >= 0.3 is 0 Å². The van der Waals surface area contributed by atoms with E-state index in [1.165, 1.54) is 32.1 Å². The predicted molar refractivity (Wildman–Crippen MR) is 128 cm³/mol. The molecule has 2 amide bonds. The zero-order valence-corrected chi connectivity index (χ0v) is 19.3. The summed E-state index contributed by atoms with van der Waals surface area (Å²) >= 11 is 0. The van der Waals surface area contributed by atoms with Gasteiger partial charge in [-0.1, -0.05) is 38.5 Å². The molecule has 0 atom stereocenters. The Morgan fingerprint density at radius 2 is 1.27 bits per heavy atom. The van der Waals surface area contributed by atoms with Crippen LogP contribution in [0.15, 0.2) is 24.3 Å². The molecule has 30 heavy (non-hydrogen) atoms. The maximum atomic E-state index is 12.5. The van der Waals surface area contributed by atoms with Crippen molar-refractivity contribution in [3.05, 3.63) is 24.3 Å². The van der Waals surface area contributed by atoms with Crippen molar-refractivity contribution < 1.29 is 9.59 Å². The Morgan fingerprint density at radius 1 is 0.800 bits per heavy atom. The average molecular weight is 459 g/mol. The number of likely N-dealkylation sites (tertiary alicyclic amines) is 1. The summed E-state index contributed by atoms with van der Waals surface area (Å²) < 4.78 is 0. The number of hydrogen-bond donors (Lipinski definition) is 3. The first-order chi connectivity index (χ1) is 13.5. The molecular weight excluding hydrogens is 423 g/mol. The van der Waals surface area contributed by atoms with E-state index in [2.05, 4.69) is 15.5 Å². The van der Waals surface area contributed by atoms with E-state index in [1.54, 1.807) is 0 Å². The number of nitrogens with two attached hydrogens (primary N) is 1. The fourth-order valence-electron chi connectivity index (χ4n) is 4.18. The molecule has 0 aromatic heterocycles. The van der Waals surface area contributed by atoms with Crippen LogP contribution in [0.4, 0.5) is 11.4 Å². The number of nitrogens with zero attached hydrogens (tertiary/aromatic N) is 1. The van der Waals surface area contributed by atoms with E-state index in [9.17, 15) is 9.59 Å². The Bertz CT molecular complexity index is 656. The lowest BCUT2D eigenvalue weighted by Crippen LogP contribution is -2.52. The molecule has 1 saturated heterocycles. The molecule has 1 saturated carbocycles.